The molecule has 0 radical (unpaired) electrons. The minimum atomic E-state index is 0.358. The van der Waals surface area contributed by atoms with Crippen molar-refractivity contribution in [1.29, 1.82) is 0 Å². The normalized spacial score (nSPS) is 23.1. The van der Waals surface area contributed by atoms with Crippen molar-refractivity contribution in [3.05, 3.63) is 11.9 Å². The molecule has 100 valence electrons. The van der Waals surface area contributed by atoms with E-state index in [1.165, 1.54) is 18.6 Å². The smallest absolute Gasteiger partial charge is 0.132 e. The van der Waals surface area contributed by atoms with Crippen molar-refractivity contribution in [3.63, 3.8) is 0 Å². The van der Waals surface area contributed by atoms with Gasteiger partial charge in [-0.25, -0.2) is 9.97 Å². The van der Waals surface area contributed by atoms with E-state index < -0.39 is 0 Å². The second-order valence-electron chi connectivity index (χ2n) is 4.91. The van der Waals surface area contributed by atoms with Crippen molar-refractivity contribution < 1.29 is 0 Å². The van der Waals surface area contributed by atoms with Gasteiger partial charge in [-0.15, -0.1) is 0 Å². The number of rotatable bonds is 5. The van der Waals surface area contributed by atoms with Crippen LogP contribution in [0.4, 0.5) is 11.6 Å². The number of nitrogens with one attached hydrogen (secondary N) is 2. The summed E-state index contributed by atoms with van der Waals surface area (Å²) in [5, 5.41) is 6.55. The lowest BCUT2D eigenvalue weighted by molar-refractivity contribution is 0.633. The molecule has 0 saturated carbocycles. The van der Waals surface area contributed by atoms with Crippen molar-refractivity contribution >= 4 is 23.4 Å². The summed E-state index contributed by atoms with van der Waals surface area (Å²) in [6, 6.07) is 1.97. The van der Waals surface area contributed by atoms with E-state index >= 15 is 0 Å². The Hall–Kier alpha value is -0.970. The Bertz CT molecular complexity index is 380. The molecule has 1 fully saturated rings. The standard InChI is InChI=1S/C13H22N4S/c1-4-10-16-11(14-3)8-12(17-10)15-9-13(2)6-5-7-18-13/h8H,4-7,9H2,1-3H3,(H2,14,15,16,17). The second kappa shape index (κ2) is 5.78. The summed E-state index contributed by atoms with van der Waals surface area (Å²) in [6.45, 7) is 5.38. The van der Waals surface area contributed by atoms with Gasteiger partial charge >= 0.3 is 0 Å². The summed E-state index contributed by atoms with van der Waals surface area (Å²) in [4.78, 5) is 8.92. The van der Waals surface area contributed by atoms with Gasteiger partial charge in [0.05, 0.1) is 0 Å². The Morgan fingerprint density at radius 3 is 2.78 bits per heavy atom. The predicted molar refractivity (Wildman–Crippen MR) is 79.5 cm³/mol. The molecular formula is C13H22N4S. The van der Waals surface area contributed by atoms with Crippen LogP contribution in [0.5, 0.6) is 0 Å². The average molecular weight is 266 g/mol. The Kier molecular flexibility index (Phi) is 4.32. The average Bonchev–Trinajstić information content (AvgIpc) is 2.83. The van der Waals surface area contributed by atoms with Crippen LogP contribution in [0.1, 0.15) is 32.5 Å². The molecule has 1 aromatic heterocycles. The van der Waals surface area contributed by atoms with Crippen LogP contribution in [0.25, 0.3) is 0 Å². The molecule has 1 saturated heterocycles. The second-order valence-corrected chi connectivity index (χ2v) is 6.60. The monoisotopic (exact) mass is 266 g/mol. The lowest BCUT2D eigenvalue weighted by Crippen LogP contribution is -2.27. The third kappa shape index (κ3) is 3.28. The van der Waals surface area contributed by atoms with Crippen molar-refractivity contribution in [2.45, 2.75) is 37.9 Å². The van der Waals surface area contributed by atoms with Gasteiger partial charge in [-0.3, -0.25) is 0 Å². The van der Waals surface area contributed by atoms with Crippen LogP contribution in [0.3, 0.4) is 0 Å². The number of thioether (sulfide) groups is 1. The zero-order valence-electron chi connectivity index (χ0n) is 11.4. The van der Waals surface area contributed by atoms with E-state index in [1.807, 2.05) is 13.1 Å². The molecule has 5 heteroatoms. The maximum Gasteiger partial charge on any atom is 0.132 e. The SMILES string of the molecule is CCc1nc(NC)cc(NCC2(C)CCCS2)n1. The van der Waals surface area contributed by atoms with E-state index in [0.29, 0.717) is 4.75 Å². The third-order valence-corrected chi connectivity index (χ3v) is 4.83. The maximum absolute atomic E-state index is 4.52. The molecule has 0 spiro atoms. The first-order valence-electron chi connectivity index (χ1n) is 6.59. The van der Waals surface area contributed by atoms with Crippen LogP contribution >= 0.6 is 11.8 Å². The van der Waals surface area contributed by atoms with E-state index in [0.717, 1.165) is 30.4 Å². The summed E-state index contributed by atoms with van der Waals surface area (Å²) in [7, 11) is 1.89. The molecule has 4 nitrogen and oxygen atoms in total. The van der Waals surface area contributed by atoms with Gasteiger partial charge < -0.3 is 10.6 Å². The molecule has 1 aromatic rings. The molecule has 18 heavy (non-hydrogen) atoms. The van der Waals surface area contributed by atoms with Gasteiger partial charge in [0, 0.05) is 30.8 Å². The number of nitrogens with zero attached hydrogens (tertiary/aromatic N) is 2. The van der Waals surface area contributed by atoms with Crippen LogP contribution in [0.2, 0.25) is 0 Å². The summed E-state index contributed by atoms with van der Waals surface area (Å²) in [6.07, 6.45) is 3.47. The zero-order chi connectivity index (χ0) is 13.0. The fraction of sp³-hybridized carbons (Fsp3) is 0.692. The molecule has 1 unspecified atom stereocenters. The van der Waals surface area contributed by atoms with Crippen molar-refractivity contribution in [2.24, 2.45) is 0 Å². The van der Waals surface area contributed by atoms with Crippen molar-refractivity contribution in [2.75, 3.05) is 30.0 Å². The Morgan fingerprint density at radius 2 is 2.17 bits per heavy atom. The van der Waals surface area contributed by atoms with Crippen LogP contribution in [-0.4, -0.2) is 34.1 Å². The summed E-state index contributed by atoms with van der Waals surface area (Å²) in [5.74, 6) is 3.98. The van der Waals surface area contributed by atoms with Gasteiger partial charge in [-0.2, -0.15) is 11.8 Å². The molecule has 1 aliphatic heterocycles. The van der Waals surface area contributed by atoms with Gasteiger partial charge in [0.1, 0.15) is 17.5 Å². The minimum Gasteiger partial charge on any atom is -0.373 e. The predicted octanol–water partition coefficient (Wildman–Crippen LogP) is 2.78. The van der Waals surface area contributed by atoms with Crippen LogP contribution in [0.15, 0.2) is 6.07 Å². The Labute approximate surface area is 113 Å². The number of hydrogen-bond donors (Lipinski definition) is 2. The highest BCUT2D eigenvalue weighted by Crippen LogP contribution is 2.37. The van der Waals surface area contributed by atoms with E-state index in [1.54, 1.807) is 0 Å². The highest BCUT2D eigenvalue weighted by Gasteiger charge is 2.29. The van der Waals surface area contributed by atoms with Gasteiger partial charge in [0.2, 0.25) is 0 Å². The molecule has 2 N–H and O–H groups in total. The topological polar surface area (TPSA) is 49.8 Å². The highest BCUT2D eigenvalue weighted by atomic mass is 32.2. The van der Waals surface area contributed by atoms with Crippen molar-refractivity contribution in [3.8, 4) is 0 Å². The molecule has 0 aromatic carbocycles. The summed E-state index contributed by atoms with van der Waals surface area (Å²) >= 11 is 2.06. The molecule has 1 atom stereocenters. The van der Waals surface area contributed by atoms with Crippen molar-refractivity contribution in [1.82, 2.24) is 9.97 Å². The molecule has 0 amide bonds. The van der Waals surface area contributed by atoms with Crippen LogP contribution in [-0.2, 0) is 6.42 Å². The largest absolute Gasteiger partial charge is 0.373 e. The molecule has 0 bridgehead atoms. The lowest BCUT2D eigenvalue weighted by atomic mass is 10.1. The minimum absolute atomic E-state index is 0.358. The fourth-order valence-electron chi connectivity index (χ4n) is 2.13. The van der Waals surface area contributed by atoms with Gasteiger partial charge in [-0.05, 0) is 25.5 Å². The Balaban J connectivity index is 2.04. The van der Waals surface area contributed by atoms with Crippen LogP contribution in [0, 0.1) is 0 Å². The third-order valence-electron chi connectivity index (χ3n) is 3.29. The van der Waals surface area contributed by atoms with Gasteiger partial charge in [-0.1, -0.05) is 6.92 Å². The van der Waals surface area contributed by atoms with Crippen LogP contribution < -0.4 is 10.6 Å². The first kappa shape index (κ1) is 13.5. The lowest BCUT2D eigenvalue weighted by Gasteiger charge is -2.23. The summed E-state index contributed by atoms with van der Waals surface area (Å²) < 4.78 is 0.358. The quantitative estimate of drug-likeness (QED) is 0.858. The molecule has 2 heterocycles. The Morgan fingerprint density at radius 1 is 1.39 bits per heavy atom. The van der Waals surface area contributed by atoms with E-state index in [2.05, 4.69) is 46.2 Å². The summed E-state index contributed by atoms with van der Waals surface area (Å²) in [5.41, 5.74) is 0. The fourth-order valence-corrected chi connectivity index (χ4v) is 3.37. The van der Waals surface area contributed by atoms with E-state index in [-0.39, 0.29) is 0 Å². The number of aryl methyl sites for hydroxylation is 1. The zero-order valence-corrected chi connectivity index (χ0v) is 12.2. The first-order valence-corrected chi connectivity index (χ1v) is 7.57. The maximum atomic E-state index is 4.52. The van der Waals surface area contributed by atoms with E-state index in [9.17, 15) is 0 Å². The number of anilines is 2. The molecule has 1 aliphatic rings. The van der Waals surface area contributed by atoms with Gasteiger partial charge in [0.25, 0.3) is 0 Å². The molecular weight excluding hydrogens is 244 g/mol. The number of hydrogen-bond acceptors (Lipinski definition) is 5. The highest BCUT2D eigenvalue weighted by molar-refractivity contribution is 8.00. The molecule has 2 rings (SSSR count). The van der Waals surface area contributed by atoms with Gasteiger partial charge in [0.15, 0.2) is 0 Å². The number of aromatic nitrogens is 2. The first-order chi connectivity index (χ1) is 8.65. The van der Waals surface area contributed by atoms with E-state index in [4.69, 9.17) is 0 Å². The molecule has 0 aliphatic carbocycles.